The van der Waals surface area contributed by atoms with E-state index >= 15 is 0 Å². The SMILES string of the molecule is C/C(=N\NC(=O)c1cc2c(s1)CCCC2)c1ccc(C)c([N+](=O)[O-])c1. The molecule has 0 saturated carbocycles. The van der Waals surface area contributed by atoms with Crippen LogP contribution in [0.4, 0.5) is 5.69 Å². The first-order valence-electron chi connectivity index (χ1n) is 8.17. The second-order valence-corrected chi connectivity index (χ2v) is 7.30. The van der Waals surface area contributed by atoms with Crippen molar-refractivity contribution in [2.45, 2.75) is 39.5 Å². The first kappa shape index (κ1) is 17.3. The van der Waals surface area contributed by atoms with E-state index in [4.69, 9.17) is 0 Å². The molecule has 6 nitrogen and oxygen atoms in total. The number of nitrogens with one attached hydrogen (secondary N) is 1. The average Bonchev–Trinajstić information content (AvgIpc) is 3.03. The van der Waals surface area contributed by atoms with Crippen LogP contribution >= 0.6 is 11.3 Å². The topological polar surface area (TPSA) is 84.6 Å². The summed E-state index contributed by atoms with van der Waals surface area (Å²) in [6.07, 6.45) is 4.43. The van der Waals surface area contributed by atoms with E-state index in [0.717, 1.165) is 12.8 Å². The molecule has 0 bridgehead atoms. The predicted octanol–water partition coefficient (Wildman–Crippen LogP) is 4.00. The van der Waals surface area contributed by atoms with Gasteiger partial charge in [0.05, 0.1) is 15.5 Å². The molecule has 1 aromatic heterocycles. The smallest absolute Gasteiger partial charge is 0.266 e. The van der Waals surface area contributed by atoms with Crippen molar-refractivity contribution in [3.05, 3.63) is 60.8 Å². The molecule has 2 aromatic rings. The minimum Gasteiger partial charge on any atom is -0.266 e. The van der Waals surface area contributed by atoms with E-state index < -0.39 is 4.92 Å². The van der Waals surface area contributed by atoms with Crippen LogP contribution in [0.15, 0.2) is 29.4 Å². The summed E-state index contributed by atoms with van der Waals surface area (Å²) in [6, 6.07) is 6.87. The highest BCUT2D eigenvalue weighted by molar-refractivity contribution is 7.14. The molecule has 1 N–H and O–H groups in total. The molecule has 25 heavy (non-hydrogen) atoms. The van der Waals surface area contributed by atoms with Gasteiger partial charge in [0.1, 0.15) is 0 Å². The quantitative estimate of drug-likeness (QED) is 0.510. The maximum atomic E-state index is 12.3. The lowest BCUT2D eigenvalue weighted by atomic mass is 9.99. The van der Waals surface area contributed by atoms with E-state index in [2.05, 4.69) is 10.5 Å². The molecular weight excluding hydrogens is 338 g/mol. The van der Waals surface area contributed by atoms with Gasteiger partial charge in [0.25, 0.3) is 11.6 Å². The summed E-state index contributed by atoms with van der Waals surface area (Å²) in [6.45, 7) is 3.41. The van der Waals surface area contributed by atoms with Gasteiger partial charge in [-0.3, -0.25) is 14.9 Å². The summed E-state index contributed by atoms with van der Waals surface area (Å²) in [5, 5.41) is 15.1. The Hall–Kier alpha value is -2.54. The number of fused-ring (bicyclic) bond motifs is 1. The number of rotatable bonds is 4. The van der Waals surface area contributed by atoms with Crippen molar-refractivity contribution in [1.29, 1.82) is 0 Å². The Balaban J connectivity index is 1.75. The van der Waals surface area contributed by atoms with E-state index in [-0.39, 0.29) is 11.6 Å². The zero-order valence-corrected chi connectivity index (χ0v) is 15.0. The molecule has 3 rings (SSSR count). The number of nitrogens with zero attached hydrogens (tertiary/aromatic N) is 2. The molecule has 1 aliphatic rings. The van der Waals surface area contributed by atoms with Crippen LogP contribution in [-0.2, 0) is 12.8 Å². The molecule has 0 unspecified atom stereocenters. The van der Waals surface area contributed by atoms with E-state index in [0.29, 0.717) is 21.7 Å². The van der Waals surface area contributed by atoms with E-state index in [1.807, 2.05) is 6.07 Å². The molecule has 0 saturated heterocycles. The largest absolute Gasteiger partial charge is 0.281 e. The van der Waals surface area contributed by atoms with Gasteiger partial charge in [0, 0.05) is 22.1 Å². The minimum atomic E-state index is -0.416. The molecule has 130 valence electrons. The number of amides is 1. The zero-order chi connectivity index (χ0) is 18.0. The van der Waals surface area contributed by atoms with Gasteiger partial charge in [0.2, 0.25) is 0 Å². The number of hydrazone groups is 1. The number of carbonyl (C=O) groups is 1. The average molecular weight is 357 g/mol. The number of hydrogen-bond acceptors (Lipinski definition) is 5. The molecule has 0 spiro atoms. The third-order valence-electron chi connectivity index (χ3n) is 4.37. The van der Waals surface area contributed by atoms with Crippen LogP contribution in [0.3, 0.4) is 0 Å². The van der Waals surface area contributed by atoms with Crippen molar-refractivity contribution in [2.75, 3.05) is 0 Å². The Bertz CT molecular complexity index is 847. The Labute approximate surface area is 149 Å². The minimum absolute atomic E-state index is 0.0457. The van der Waals surface area contributed by atoms with Crippen molar-refractivity contribution in [3.63, 3.8) is 0 Å². The first-order valence-corrected chi connectivity index (χ1v) is 8.99. The zero-order valence-electron chi connectivity index (χ0n) is 14.2. The standard InChI is InChI=1S/C18H19N3O3S/c1-11-7-8-13(9-15(11)21(23)24)12(2)19-20-18(22)17-10-14-5-3-4-6-16(14)25-17/h7-10H,3-6H2,1-2H3,(H,20,22)/b19-12+. The number of nitro groups is 1. The number of benzene rings is 1. The fourth-order valence-electron chi connectivity index (χ4n) is 2.89. The lowest BCUT2D eigenvalue weighted by Gasteiger charge is -2.08. The summed E-state index contributed by atoms with van der Waals surface area (Å²) in [4.78, 5) is 24.9. The highest BCUT2D eigenvalue weighted by Crippen LogP contribution is 2.29. The van der Waals surface area contributed by atoms with Crippen LogP contribution < -0.4 is 5.43 Å². The van der Waals surface area contributed by atoms with E-state index in [9.17, 15) is 14.9 Å². The monoisotopic (exact) mass is 357 g/mol. The summed E-state index contributed by atoms with van der Waals surface area (Å²) in [5.41, 5.74) is 5.61. The van der Waals surface area contributed by atoms with Crippen LogP contribution in [0.1, 0.15) is 51.0 Å². The van der Waals surface area contributed by atoms with Crippen LogP contribution in [0.2, 0.25) is 0 Å². The van der Waals surface area contributed by atoms with Crippen molar-refractivity contribution in [2.24, 2.45) is 5.10 Å². The summed E-state index contributed by atoms with van der Waals surface area (Å²) in [5.74, 6) is -0.236. The molecule has 1 aliphatic carbocycles. The number of hydrogen-bond donors (Lipinski definition) is 1. The van der Waals surface area contributed by atoms with Gasteiger partial charge in [-0.1, -0.05) is 12.1 Å². The molecule has 7 heteroatoms. The van der Waals surface area contributed by atoms with Crippen molar-refractivity contribution >= 4 is 28.6 Å². The van der Waals surface area contributed by atoms with Crippen molar-refractivity contribution < 1.29 is 9.72 Å². The molecule has 1 amide bonds. The van der Waals surface area contributed by atoms with Gasteiger partial charge in [-0.15, -0.1) is 11.3 Å². The Morgan fingerprint density at radius 1 is 1.28 bits per heavy atom. The summed E-state index contributed by atoms with van der Waals surface area (Å²) < 4.78 is 0. The lowest BCUT2D eigenvalue weighted by molar-refractivity contribution is -0.385. The van der Waals surface area contributed by atoms with E-state index in [1.54, 1.807) is 26.0 Å². The molecular formula is C18H19N3O3S. The van der Waals surface area contributed by atoms with Crippen LogP contribution in [0.25, 0.3) is 0 Å². The van der Waals surface area contributed by atoms with Crippen LogP contribution in [0, 0.1) is 17.0 Å². The molecule has 0 atom stereocenters. The third kappa shape index (κ3) is 3.76. The van der Waals surface area contributed by atoms with Gasteiger partial charge >= 0.3 is 0 Å². The fourth-order valence-corrected chi connectivity index (χ4v) is 4.03. The number of nitro benzene ring substituents is 1. The Morgan fingerprint density at radius 2 is 2.04 bits per heavy atom. The highest BCUT2D eigenvalue weighted by Gasteiger charge is 2.17. The maximum Gasteiger partial charge on any atom is 0.281 e. The number of carbonyl (C=O) groups excluding carboxylic acids is 1. The molecule has 0 aliphatic heterocycles. The molecule has 1 aromatic carbocycles. The van der Waals surface area contributed by atoms with Crippen molar-refractivity contribution in [3.8, 4) is 0 Å². The van der Waals surface area contributed by atoms with Crippen LogP contribution in [0.5, 0.6) is 0 Å². The Kier molecular flexibility index (Phi) is 4.94. The molecule has 1 heterocycles. The van der Waals surface area contributed by atoms with E-state index in [1.165, 1.54) is 40.7 Å². The second-order valence-electron chi connectivity index (χ2n) is 6.16. The maximum absolute atomic E-state index is 12.3. The van der Waals surface area contributed by atoms with Gasteiger partial charge in [-0.2, -0.15) is 5.10 Å². The number of thiophene rings is 1. The van der Waals surface area contributed by atoms with Gasteiger partial charge < -0.3 is 0 Å². The van der Waals surface area contributed by atoms with Gasteiger partial charge in [-0.05, 0) is 51.2 Å². The summed E-state index contributed by atoms with van der Waals surface area (Å²) >= 11 is 1.53. The third-order valence-corrected chi connectivity index (χ3v) is 5.61. The molecule has 0 fully saturated rings. The van der Waals surface area contributed by atoms with Crippen LogP contribution in [-0.4, -0.2) is 16.5 Å². The predicted molar refractivity (Wildman–Crippen MR) is 98.5 cm³/mol. The fraction of sp³-hybridized carbons (Fsp3) is 0.333. The van der Waals surface area contributed by atoms with Gasteiger partial charge in [-0.25, -0.2) is 5.43 Å². The normalized spacial score (nSPS) is 14.1. The van der Waals surface area contributed by atoms with Crippen molar-refractivity contribution in [1.82, 2.24) is 5.43 Å². The summed E-state index contributed by atoms with van der Waals surface area (Å²) in [7, 11) is 0. The first-order chi connectivity index (χ1) is 12.0. The highest BCUT2D eigenvalue weighted by atomic mass is 32.1. The Morgan fingerprint density at radius 3 is 2.76 bits per heavy atom. The second kappa shape index (κ2) is 7.14. The molecule has 0 radical (unpaired) electrons. The number of aryl methyl sites for hydroxylation is 3. The van der Waals surface area contributed by atoms with Gasteiger partial charge in [0.15, 0.2) is 0 Å². The lowest BCUT2D eigenvalue weighted by Crippen LogP contribution is -2.18.